The Morgan fingerprint density at radius 3 is 2.80 bits per heavy atom. The number of aryl methyl sites for hydroxylation is 1. The molecule has 0 radical (unpaired) electrons. The summed E-state index contributed by atoms with van der Waals surface area (Å²) >= 11 is 0. The number of hydrogen-bond donors (Lipinski definition) is 1. The van der Waals surface area contributed by atoms with Gasteiger partial charge in [-0.1, -0.05) is 24.3 Å². The Balaban J connectivity index is 1.59. The van der Waals surface area contributed by atoms with Gasteiger partial charge in [-0.15, -0.1) is 0 Å². The Morgan fingerprint density at radius 2 is 2.00 bits per heavy atom. The molecule has 1 aliphatic carbocycles. The smallest absolute Gasteiger partial charge is 0.0455 e. The second kappa shape index (κ2) is 6.25. The number of hydrogen-bond acceptors (Lipinski definition) is 3. The lowest BCUT2D eigenvalue weighted by molar-refractivity contribution is 0.169. The molecule has 0 aromatic heterocycles. The highest BCUT2D eigenvalue weighted by molar-refractivity contribution is 5.33. The molecular weight excluding hydrogens is 246 g/mol. The first-order chi connectivity index (χ1) is 9.75. The molecule has 1 aromatic rings. The molecule has 1 heterocycles. The Kier molecular flexibility index (Phi) is 4.39. The van der Waals surface area contributed by atoms with Crippen molar-refractivity contribution in [3.63, 3.8) is 0 Å². The summed E-state index contributed by atoms with van der Waals surface area (Å²) in [6.45, 7) is 4.91. The monoisotopic (exact) mass is 273 g/mol. The summed E-state index contributed by atoms with van der Waals surface area (Å²) in [5.74, 6) is 0. The third kappa shape index (κ3) is 2.90. The van der Waals surface area contributed by atoms with E-state index in [-0.39, 0.29) is 6.04 Å². The highest BCUT2D eigenvalue weighted by atomic mass is 15.2. The van der Waals surface area contributed by atoms with E-state index in [0.29, 0.717) is 6.04 Å². The fourth-order valence-corrected chi connectivity index (χ4v) is 3.74. The molecule has 1 aliphatic heterocycles. The van der Waals surface area contributed by atoms with Gasteiger partial charge >= 0.3 is 0 Å². The van der Waals surface area contributed by atoms with Crippen LogP contribution in [0.3, 0.4) is 0 Å². The number of likely N-dealkylation sites (tertiary alicyclic amines) is 1. The summed E-state index contributed by atoms with van der Waals surface area (Å²) in [7, 11) is 2.24. The van der Waals surface area contributed by atoms with Crippen LogP contribution in [0, 0.1) is 0 Å². The van der Waals surface area contributed by atoms with Crippen LogP contribution in [-0.4, -0.2) is 49.1 Å². The van der Waals surface area contributed by atoms with Gasteiger partial charge in [-0.05, 0) is 56.9 Å². The van der Waals surface area contributed by atoms with E-state index in [1.54, 1.807) is 0 Å². The fourth-order valence-electron chi connectivity index (χ4n) is 3.74. The molecule has 3 rings (SSSR count). The van der Waals surface area contributed by atoms with Gasteiger partial charge in [0, 0.05) is 25.2 Å². The van der Waals surface area contributed by atoms with Crippen molar-refractivity contribution in [2.75, 3.05) is 33.2 Å². The van der Waals surface area contributed by atoms with E-state index in [1.165, 1.54) is 56.4 Å². The van der Waals surface area contributed by atoms with E-state index in [9.17, 15) is 0 Å². The maximum absolute atomic E-state index is 6.52. The lowest BCUT2D eigenvalue weighted by atomic mass is 9.84. The molecule has 0 spiro atoms. The van der Waals surface area contributed by atoms with Crippen molar-refractivity contribution in [1.82, 2.24) is 9.80 Å². The fraction of sp³-hybridized carbons (Fsp3) is 0.647. The number of rotatable bonds is 4. The minimum atomic E-state index is 0.170. The SMILES string of the molecule is CN(CCN1CCCC1)C1CCc2ccccc2C1N. The van der Waals surface area contributed by atoms with Crippen molar-refractivity contribution in [2.24, 2.45) is 5.73 Å². The molecule has 3 nitrogen and oxygen atoms in total. The van der Waals surface area contributed by atoms with E-state index >= 15 is 0 Å². The minimum absolute atomic E-state index is 0.170. The topological polar surface area (TPSA) is 32.5 Å². The lowest BCUT2D eigenvalue weighted by Gasteiger charge is -2.38. The molecule has 110 valence electrons. The van der Waals surface area contributed by atoms with Crippen molar-refractivity contribution in [3.05, 3.63) is 35.4 Å². The minimum Gasteiger partial charge on any atom is -0.323 e. The number of likely N-dealkylation sites (N-methyl/N-ethyl adjacent to an activating group) is 1. The van der Waals surface area contributed by atoms with Crippen LogP contribution in [0.1, 0.15) is 36.4 Å². The van der Waals surface area contributed by atoms with Gasteiger partial charge in [0.25, 0.3) is 0 Å². The van der Waals surface area contributed by atoms with E-state index < -0.39 is 0 Å². The predicted molar refractivity (Wildman–Crippen MR) is 83.8 cm³/mol. The molecule has 20 heavy (non-hydrogen) atoms. The Labute approximate surface area is 122 Å². The van der Waals surface area contributed by atoms with Crippen LogP contribution in [0.2, 0.25) is 0 Å². The normalized spacial score (nSPS) is 26.9. The zero-order valence-electron chi connectivity index (χ0n) is 12.6. The largest absolute Gasteiger partial charge is 0.323 e. The average molecular weight is 273 g/mol. The maximum atomic E-state index is 6.52. The summed E-state index contributed by atoms with van der Waals surface area (Å²) in [5.41, 5.74) is 9.33. The molecule has 1 saturated heterocycles. The summed E-state index contributed by atoms with van der Waals surface area (Å²) < 4.78 is 0. The molecule has 2 unspecified atom stereocenters. The van der Waals surface area contributed by atoms with Crippen LogP contribution >= 0.6 is 0 Å². The quantitative estimate of drug-likeness (QED) is 0.911. The summed E-state index contributed by atoms with van der Waals surface area (Å²) in [6.07, 6.45) is 5.11. The first-order valence-electron chi connectivity index (χ1n) is 8.01. The third-order valence-corrected chi connectivity index (χ3v) is 5.07. The van der Waals surface area contributed by atoms with Gasteiger partial charge in [0.2, 0.25) is 0 Å². The molecule has 2 aliphatic rings. The van der Waals surface area contributed by atoms with Crippen LogP contribution in [0.5, 0.6) is 0 Å². The summed E-state index contributed by atoms with van der Waals surface area (Å²) in [4.78, 5) is 5.07. The zero-order chi connectivity index (χ0) is 13.9. The molecule has 0 saturated carbocycles. The van der Waals surface area contributed by atoms with Crippen LogP contribution in [0.15, 0.2) is 24.3 Å². The van der Waals surface area contributed by atoms with Gasteiger partial charge in [0.1, 0.15) is 0 Å². The van der Waals surface area contributed by atoms with Gasteiger partial charge < -0.3 is 15.5 Å². The van der Waals surface area contributed by atoms with E-state index in [1.807, 2.05) is 0 Å². The van der Waals surface area contributed by atoms with Crippen molar-refractivity contribution in [1.29, 1.82) is 0 Å². The van der Waals surface area contributed by atoms with Gasteiger partial charge in [0.15, 0.2) is 0 Å². The first kappa shape index (κ1) is 14.1. The first-order valence-corrected chi connectivity index (χ1v) is 8.01. The molecule has 3 heteroatoms. The summed E-state index contributed by atoms with van der Waals surface area (Å²) in [5, 5.41) is 0. The number of fused-ring (bicyclic) bond motifs is 1. The zero-order valence-corrected chi connectivity index (χ0v) is 12.6. The van der Waals surface area contributed by atoms with Crippen molar-refractivity contribution in [3.8, 4) is 0 Å². The van der Waals surface area contributed by atoms with Gasteiger partial charge in [-0.25, -0.2) is 0 Å². The molecule has 2 N–H and O–H groups in total. The third-order valence-electron chi connectivity index (χ3n) is 5.07. The van der Waals surface area contributed by atoms with Crippen LogP contribution in [0.25, 0.3) is 0 Å². The van der Waals surface area contributed by atoms with Gasteiger partial charge in [-0.3, -0.25) is 0 Å². The van der Waals surface area contributed by atoms with Crippen LogP contribution in [-0.2, 0) is 6.42 Å². The summed E-state index contributed by atoms with van der Waals surface area (Å²) in [6, 6.07) is 9.35. The molecule has 0 bridgehead atoms. The molecular formula is C17H27N3. The second-order valence-corrected chi connectivity index (χ2v) is 6.36. The molecule has 2 atom stereocenters. The van der Waals surface area contributed by atoms with Crippen molar-refractivity contribution in [2.45, 2.75) is 37.8 Å². The lowest BCUT2D eigenvalue weighted by Crippen LogP contribution is -2.45. The predicted octanol–water partition coefficient (Wildman–Crippen LogP) is 2.03. The standard InChI is InChI=1S/C17H27N3/c1-19(12-13-20-10-4-5-11-20)16-9-8-14-6-2-3-7-15(14)17(16)18/h2-3,6-7,16-17H,4-5,8-13,18H2,1H3. The Hall–Kier alpha value is -0.900. The second-order valence-electron chi connectivity index (χ2n) is 6.36. The number of nitrogens with two attached hydrogens (primary N) is 1. The molecule has 1 aromatic carbocycles. The number of benzene rings is 1. The average Bonchev–Trinajstić information content (AvgIpc) is 2.99. The highest BCUT2D eigenvalue weighted by Crippen LogP contribution is 2.30. The van der Waals surface area contributed by atoms with Crippen molar-refractivity contribution >= 4 is 0 Å². The van der Waals surface area contributed by atoms with Crippen LogP contribution in [0.4, 0.5) is 0 Å². The highest BCUT2D eigenvalue weighted by Gasteiger charge is 2.29. The molecule has 0 amide bonds. The van der Waals surface area contributed by atoms with Crippen molar-refractivity contribution < 1.29 is 0 Å². The van der Waals surface area contributed by atoms with E-state index in [4.69, 9.17) is 5.73 Å². The molecule has 1 fully saturated rings. The van der Waals surface area contributed by atoms with Gasteiger partial charge in [0.05, 0.1) is 0 Å². The van der Waals surface area contributed by atoms with E-state index in [0.717, 1.165) is 6.54 Å². The van der Waals surface area contributed by atoms with E-state index in [2.05, 4.69) is 41.1 Å². The van der Waals surface area contributed by atoms with Crippen LogP contribution < -0.4 is 5.73 Å². The van der Waals surface area contributed by atoms with Gasteiger partial charge in [-0.2, -0.15) is 0 Å². The Morgan fingerprint density at radius 1 is 1.25 bits per heavy atom. The maximum Gasteiger partial charge on any atom is 0.0455 e. The number of nitrogens with zero attached hydrogens (tertiary/aromatic N) is 2. The Bertz CT molecular complexity index is 440.